The fourth-order valence-corrected chi connectivity index (χ4v) is 2.49. The maximum atomic E-state index is 12.3. The van der Waals surface area contributed by atoms with E-state index in [-0.39, 0.29) is 18.1 Å². The average Bonchev–Trinajstić information content (AvgIpc) is 2.38. The molecular formula is C15H22N2O2. The van der Waals surface area contributed by atoms with Crippen LogP contribution in [0.15, 0.2) is 24.3 Å². The molecule has 104 valence electrons. The summed E-state index contributed by atoms with van der Waals surface area (Å²) in [6.07, 6.45) is 0.472. The lowest BCUT2D eigenvalue weighted by Crippen LogP contribution is -2.51. The van der Waals surface area contributed by atoms with E-state index in [9.17, 15) is 4.79 Å². The molecule has 2 unspecified atom stereocenters. The van der Waals surface area contributed by atoms with Crippen molar-refractivity contribution in [2.45, 2.75) is 32.5 Å². The van der Waals surface area contributed by atoms with Gasteiger partial charge in [-0.25, -0.2) is 0 Å². The summed E-state index contributed by atoms with van der Waals surface area (Å²) in [4.78, 5) is 14.2. The van der Waals surface area contributed by atoms with Crippen molar-refractivity contribution in [2.75, 3.05) is 19.6 Å². The van der Waals surface area contributed by atoms with Crippen molar-refractivity contribution in [1.29, 1.82) is 0 Å². The van der Waals surface area contributed by atoms with E-state index >= 15 is 0 Å². The van der Waals surface area contributed by atoms with Crippen LogP contribution in [-0.2, 0) is 16.0 Å². The number of ether oxygens (including phenoxy) is 1. The molecule has 1 aromatic rings. The minimum absolute atomic E-state index is 0.0368. The molecule has 4 heteroatoms. The van der Waals surface area contributed by atoms with Crippen LogP contribution in [0.4, 0.5) is 0 Å². The molecular weight excluding hydrogens is 240 g/mol. The lowest BCUT2D eigenvalue weighted by molar-refractivity contribution is -0.142. The zero-order valence-electron chi connectivity index (χ0n) is 11.6. The Morgan fingerprint density at radius 2 is 2.26 bits per heavy atom. The third-order valence-electron chi connectivity index (χ3n) is 3.38. The van der Waals surface area contributed by atoms with Crippen LogP contribution in [-0.4, -0.2) is 42.6 Å². The van der Waals surface area contributed by atoms with Gasteiger partial charge in [-0.1, -0.05) is 29.8 Å². The first-order valence-corrected chi connectivity index (χ1v) is 6.77. The van der Waals surface area contributed by atoms with Crippen LogP contribution in [0.2, 0.25) is 0 Å². The van der Waals surface area contributed by atoms with Crippen LogP contribution in [0.25, 0.3) is 0 Å². The van der Waals surface area contributed by atoms with Gasteiger partial charge in [0.1, 0.15) is 0 Å². The molecule has 1 fully saturated rings. The van der Waals surface area contributed by atoms with Crippen molar-refractivity contribution < 1.29 is 9.53 Å². The van der Waals surface area contributed by atoms with Gasteiger partial charge >= 0.3 is 0 Å². The summed E-state index contributed by atoms with van der Waals surface area (Å²) in [7, 11) is 0. The number of carbonyl (C=O) groups excluding carboxylic acids is 1. The van der Waals surface area contributed by atoms with E-state index in [1.807, 2.05) is 36.9 Å². The molecule has 1 aliphatic rings. The van der Waals surface area contributed by atoms with Gasteiger partial charge in [-0.3, -0.25) is 4.79 Å². The maximum absolute atomic E-state index is 12.3. The summed E-state index contributed by atoms with van der Waals surface area (Å²) in [5.41, 5.74) is 7.88. The first-order valence-electron chi connectivity index (χ1n) is 6.77. The van der Waals surface area contributed by atoms with Crippen molar-refractivity contribution in [3.8, 4) is 0 Å². The molecule has 0 aromatic heterocycles. The molecule has 4 nitrogen and oxygen atoms in total. The SMILES string of the molecule is Cc1cccc(CC(=O)N2CC(C)OC(CN)C2)c1. The second kappa shape index (κ2) is 6.17. The zero-order chi connectivity index (χ0) is 13.8. The number of hydrogen-bond acceptors (Lipinski definition) is 3. The van der Waals surface area contributed by atoms with Gasteiger partial charge in [0.15, 0.2) is 0 Å². The predicted octanol–water partition coefficient (Wildman–Crippen LogP) is 1.11. The molecule has 2 N–H and O–H groups in total. The standard InChI is InChI=1S/C15H22N2O2/c1-11-4-3-5-13(6-11)7-15(18)17-9-12(2)19-14(8-16)10-17/h3-6,12,14H,7-10,16H2,1-2H3. The molecule has 0 spiro atoms. The molecule has 1 saturated heterocycles. The highest BCUT2D eigenvalue weighted by Crippen LogP contribution is 2.13. The van der Waals surface area contributed by atoms with E-state index in [4.69, 9.17) is 10.5 Å². The third-order valence-corrected chi connectivity index (χ3v) is 3.38. The number of carbonyl (C=O) groups is 1. The molecule has 0 bridgehead atoms. The van der Waals surface area contributed by atoms with Crippen LogP contribution < -0.4 is 5.73 Å². The number of amides is 1. The topological polar surface area (TPSA) is 55.6 Å². The lowest BCUT2D eigenvalue weighted by Gasteiger charge is -2.36. The number of hydrogen-bond donors (Lipinski definition) is 1. The number of aryl methyl sites for hydroxylation is 1. The quantitative estimate of drug-likeness (QED) is 0.888. The zero-order valence-corrected chi connectivity index (χ0v) is 11.6. The van der Waals surface area contributed by atoms with Crippen LogP contribution in [0.1, 0.15) is 18.1 Å². The number of nitrogens with two attached hydrogens (primary N) is 1. The Hall–Kier alpha value is -1.39. The third kappa shape index (κ3) is 3.78. The minimum atomic E-state index is -0.0368. The Kier molecular flexibility index (Phi) is 4.56. The second-order valence-electron chi connectivity index (χ2n) is 5.27. The first kappa shape index (κ1) is 14.0. The van der Waals surface area contributed by atoms with E-state index in [0.29, 0.717) is 26.1 Å². The second-order valence-corrected chi connectivity index (χ2v) is 5.27. The van der Waals surface area contributed by atoms with Crippen LogP contribution in [0.3, 0.4) is 0 Å². The number of rotatable bonds is 3. The van der Waals surface area contributed by atoms with Gasteiger partial charge in [0.2, 0.25) is 5.91 Å². The highest BCUT2D eigenvalue weighted by Gasteiger charge is 2.27. The lowest BCUT2D eigenvalue weighted by atomic mass is 10.1. The van der Waals surface area contributed by atoms with Crippen molar-refractivity contribution in [1.82, 2.24) is 4.90 Å². The first-order chi connectivity index (χ1) is 9.08. The molecule has 2 rings (SSSR count). The molecule has 2 atom stereocenters. The summed E-state index contributed by atoms with van der Waals surface area (Å²) in [5, 5.41) is 0. The Balaban J connectivity index is 1.99. The van der Waals surface area contributed by atoms with E-state index < -0.39 is 0 Å². The monoisotopic (exact) mass is 262 g/mol. The van der Waals surface area contributed by atoms with Gasteiger partial charge in [-0.15, -0.1) is 0 Å². The Morgan fingerprint density at radius 1 is 1.47 bits per heavy atom. The van der Waals surface area contributed by atoms with Crippen molar-refractivity contribution in [2.24, 2.45) is 5.73 Å². The Bertz CT molecular complexity index is 448. The van der Waals surface area contributed by atoms with Crippen molar-refractivity contribution in [3.05, 3.63) is 35.4 Å². The molecule has 0 aliphatic carbocycles. The smallest absolute Gasteiger partial charge is 0.227 e. The predicted molar refractivity (Wildman–Crippen MR) is 74.9 cm³/mol. The Morgan fingerprint density at radius 3 is 2.95 bits per heavy atom. The van der Waals surface area contributed by atoms with Gasteiger partial charge in [0.25, 0.3) is 0 Å². The van der Waals surface area contributed by atoms with Gasteiger partial charge in [0, 0.05) is 19.6 Å². The fourth-order valence-electron chi connectivity index (χ4n) is 2.49. The van der Waals surface area contributed by atoms with E-state index in [1.165, 1.54) is 5.56 Å². The van der Waals surface area contributed by atoms with Gasteiger partial charge in [-0.05, 0) is 19.4 Å². The summed E-state index contributed by atoms with van der Waals surface area (Å²) in [6.45, 7) is 5.73. The molecule has 0 saturated carbocycles. The number of benzene rings is 1. The summed E-state index contributed by atoms with van der Waals surface area (Å²) < 4.78 is 5.67. The largest absolute Gasteiger partial charge is 0.370 e. The van der Waals surface area contributed by atoms with Crippen LogP contribution in [0.5, 0.6) is 0 Å². The average molecular weight is 262 g/mol. The number of nitrogens with zero attached hydrogens (tertiary/aromatic N) is 1. The summed E-state index contributed by atoms with van der Waals surface area (Å²) in [5.74, 6) is 0.152. The molecule has 1 amide bonds. The fraction of sp³-hybridized carbons (Fsp3) is 0.533. The van der Waals surface area contributed by atoms with Gasteiger partial charge < -0.3 is 15.4 Å². The van der Waals surface area contributed by atoms with Crippen LogP contribution >= 0.6 is 0 Å². The molecule has 1 heterocycles. The normalized spacial score (nSPS) is 23.4. The van der Waals surface area contributed by atoms with E-state index in [0.717, 1.165) is 5.56 Å². The van der Waals surface area contributed by atoms with Crippen molar-refractivity contribution in [3.63, 3.8) is 0 Å². The summed E-state index contributed by atoms with van der Waals surface area (Å²) in [6, 6.07) is 8.08. The van der Waals surface area contributed by atoms with E-state index in [2.05, 4.69) is 6.07 Å². The number of morpholine rings is 1. The highest BCUT2D eigenvalue weighted by molar-refractivity contribution is 5.79. The maximum Gasteiger partial charge on any atom is 0.227 e. The minimum Gasteiger partial charge on any atom is -0.370 e. The van der Waals surface area contributed by atoms with Crippen molar-refractivity contribution >= 4 is 5.91 Å². The molecule has 0 radical (unpaired) electrons. The van der Waals surface area contributed by atoms with Gasteiger partial charge in [0.05, 0.1) is 18.6 Å². The molecule has 19 heavy (non-hydrogen) atoms. The Labute approximate surface area is 114 Å². The van der Waals surface area contributed by atoms with Crippen LogP contribution in [0, 0.1) is 6.92 Å². The molecule has 1 aliphatic heterocycles. The highest BCUT2D eigenvalue weighted by atomic mass is 16.5. The van der Waals surface area contributed by atoms with Gasteiger partial charge in [-0.2, -0.15) is 0 Å². The molecule has 1 aromatic carbocycles. The summed E-state index contributed by atoms with van der Waals surface area (Å²) >= 11 is 0. The van der Waals surface area contributed by atoms with E-state index in [1.54, 1.807) is 0 Å².